The fourth-order valence-corrected chi connectivity index (χ4v) is 34.0. The fourth-order valence-electron chi connectivity index (χ4n) is 22.3. The lowest BCUT2D eigenvalue weighted by Crippen LogP contribution is -2.74. The first kappa shape index (κ1) is 77.2. The first-order valence-corrected chi connectivity index (χ1v) is 51.8. The van der Waals surface area contributed by atoms with Crippen LogP contribution in [0.15, 0.2) is 449 Å². The third-order valence-electron chi connectivity index (χ3n) is 28.3. The van der Waals surface area contributed by atoms with E-state index in [-0.39, 0.29) is 0 Å². The monoisotopic (exact) mass is 1820 g/mol. The molecule has 0 N–H and O–H groups in total. The molecule has 0 saturated heterocycles. The van der Waals surface area contributed by atoms with Gasteiger partial charge in [-0.05, 0) is 168 Å². The van der Waals surface area contributed by atoms with Crippen LogP contribution in [0.4, 0.5) is 0 Å². The van der Waals surface area contributed by atoms with Gasteiger partial charge in [0.2, 0.25) is 17.3 Å². The van der Waals surface area contributed by atoms with Gasteiger partial charge in [-0.1, -0.05) is 322 Å². The van der Waals surface area contributed by atoms with E-state index in [2.05, 4.69) is 480 Å². The Balaban J connectivity index is 0.590. The van der Waals surface area contributed by atoms with Gasteiger partial charge in [0.25, 0.3) is 0 Å². The maximum absolute atomic E-state index is 5.79. The van der Waals surface area contributed by atoms with Gasteiger partial charge in [0, 0.05) is 74.4 Å². The van der Waals surface area contributed by atoms with E-state index in [1.165, 1.54) is 81.8 Å². The highest BCUT2D eigenvalue weighted by atomic mass is 32.1. The molecule has 0 unspecified atom stereocenters. The maximum atomic E-state index is 5.79. The number of imidazole rings is 6. The van der Waals surface area contributed by atoms with Gasteiger partial charge in [0.15, 0.2) is 27.8 Å². The highest BCUT2D eigenvalue weighted by molar-refractivity contribution is 7.26. The summed E-state index contributed by atoms with van der Waals surface area (Å²) in [4.78, 5) is 39.6. The van der Waals surface area contributed by atoms with Crippen LogP contribution in [0.25, 0.3) is 203 Å². The third kappa shape index (κ3) is 11.5. The smallest absolute Gasteiger partial charge is 0.221 e. The van der Waals surface area contributed by atoms with Crippen molar-refractivity contribution in [2.45, 2.75) is 0 Å². The van der Waals surface area contributed by atoms with E-state index in [4.69, 9.17) is 34.9 Å². The summed E-state index contributed by atoms with van der Waals surface area (Å²) in [7, 11) is -6.14. The molecule has 0 saturated carbocycles. The summed E-state index contributed by atoms with van der Waals surface area (Å²) in [6.45, 7) is 0. The van der Waals surface area contributed by atoms with Crippen LogP contribution < -0.4 is 41.5 Å². The lowest BCUT2D eigenvalue weighted by molar-refractivity contribution is 0.970. The van der Waals surface area contributed by atoms with Crippen LogP contribution in [0.1, 0.15) is 0 Å². The SMILES string of the molecule is c1ccc([Si](c2ccccc2)(c2ccc(-c3nc(-n4c5ccccc5c5cc(-c6ccc7c(c6)nc6n(-c8cc(-n9c%10ccccc%10n%10c%11ccccc%11nc9%10)nc(-c9ccc([Si](c%10ccccc%10)(c%10ccccc%10)c%10ccc%11sc%12ccccc%12c%11c%10)cc9)n8)c8ccccc8n76)ccc54)cc(-n4c5ccccc5n5c6ccccc6nc45)n3)cc2)c2ccc3sc4ccccc4c3c2)cc1. The minimum Gasteiger partial charge on any atom is -0.294 e. The number of hydrogen-bond donors (Lipinski definition) is 0. The molecule has 18 aromatic carbocycles. The van der Waals surface area contributed by atoms with Gasteiger partial charge >= 0.3 is 0 Å². The van der Waals surface area contributed by atoms with E-state index in [0.717, 1.165) is 122 Å². The van der Waals surface area contributed by atoms with Crippen LogP contribution in [0.2, 0.25) is 0 Å². The number of nitrogens with zero attached hydrogens (tertiary/aromatic N) is 14. The average Bonchev–Trinajstić information content (AvgIpc) is 1.70. The molecular formula is C119H74N14S2Si2. The lowest BCUT2D eigenvalue weighted by atomic mass is 10.0. The van der Waals surface area contributed by atoms with E-state index in [9.17, 15) is 0 Å². The number of benzene rings is 18. The Hall–Kier alpha value is -17.4. The van der Waals surface area contributed by atoms with Crippen molar-refractivity contribution < 1.29 is 0 Å². The first-order valence-electron chi connectivity index (χ1n) is 46.2. The summed E-state index contributed by atoms with van der Waals surface area (Å²) in [5.74, 6) is 6.02. The summed E-state index contributed by atoms with van der Waals surface area (Å²) in [5.41, 5.74) is 17.3. The summed E-state index contributed by atoms with van der Waals surface area (Å²) in [6.07, 6.45) is 0. The second-order valence-corrected chi connectivity index (χ2v) is 45.3. The normalized spacial score (nSPS) is 12.4. The molecule has 14 nitrogen and oxygen atoms in total. The molecule has 0 aliphatic heterocycles. The molecule has 29 rings (SSSR count). The molecule has 0 atom stereocenters. The number of thiophene rings is 2. The van der Waals surface area contributed by atoms with E-state index in [1.54, 1.807) is 0 Å². The minimum atomic E-state index is -3.07. The van der Waals surface area contributed by atoms with Gasteiger partial charge in [-0.3, -0.25) is 31.5 Å². The van der Waals surface area contributed by atoms with E-state index >= 15 is 0 Å². The molecule has 0 spiro atoms. The van der Waals surface area contributed by atoms with E-state index in [0.29, 0.717) is 40.7 Å². The molecule has 0 radical (unpaired) electrons. The Morgan fingerprint density at radius 2 is 0.460 bits per heavy atom. The molecule has 29 aromatic rings. The van der Waals surface area contributed by atoms with Gasteiger partial charge in [0.05, 0.1) is 77.2 Å². The van der Waals surface area contributed by atoms with E-state index < -0.39 is 16.1 Å². The standard InChI is InChI=1S/C119H74N14S2Si2/c1-5-29-79(30-6-1)136(80-31-7-2-8-32-80,85-63-67-109-91(71-85)88-38-14-27-51-107(88)134-109)83-59-53-75(54-60-83)115-123-111(73-112(124-115)131-104-48-24-21-45-101(104)128-98-43-19-16-40-93(98)120-117(128)131)127-96-42-18-13-37-87(96)90-69-77(57-65-97(90)127)78-58-66-100-95(70-78)122-119-130(100)103-47-23-26-50-106(103)133(119)114-74-113(132-105-49-25-22-46-102(105)129-99-44-20-17-41-94(99)121-118(129)132)125-116(126-114)76-55-61-84(62-56-76)137(81-33-9-3-10-34-81,82-35-11-4-12-36-82)86-64-68-110-92(72-86)89-39-15-28-52-108(89)135-110/h1-74H. The molecular weight excluding hydrogens is 1750 g/mol. The molecule has 0 aliphatic carbocycles. The Bertz CT molecular complexity index is 9950. The Kier molecular flexibility index (Phi) is 16.9. The van der Waals surface area contributed by atoms with Crippen molar-refractivity contribution in [2.24, 2.45) is 0 Å². The predicted molar refractivity (Wildman–Crippen MR) is 571 cm³/mol. The molecule has 0 amide bonds. The molecule has 0 aliphatic rings. The number of rotatable bonds is 15. The molecule has 0 fully saturated rings. The molecule has 11 heterocycles. The van der Waals surface area contributed by atoms with Gasteiger partial charge in [-0.15, -0.1) is 22.7 Å². The summed E-state index contributed by atoms with van der Waals surface area (Å²) >= 11 is 3.71. The van der Waals surface area contributed by atoms with Crippen molar-refractivity contribution in [2.75, 3.05) is 0 Å². The van der Waals surface area contributed by atoms with Crippen LogP contribution in [0.3, 0.4) is 0 Å². The zero-order chi connectivity index (χ0) is 89.7. The minimum absolute atomic E-state index is 0.550. The Morgan fingerprint density at radius 3 is 0.883 bits per heavy atom. The first-order chi connectivity index (χ1) is 67.9. The zero-order valence-corrected chi connectivity index (χ0v) is 76.9. The number of para-hydroxylation sites is 11. The highest BCUT2D eigenvalue weighted by Gasteiger charge is 2.44. The summed E-state index contributed by atoms with van der Waals surface area (Å²) in [6, 6.07) is 164. The number of fused-ring (bicyclic) bond motifs is 24. The average molecular weight is 1820 g/mol. The maximum Gasteiger partial charge on any atom is 0.221 e. The Morgan fingerprint density at radius 1 is 0.168 bits per heavy atom. The van der Waals surface area contributed by atoms with Crippen LogP contribution in [-0.2, 0) is 0 Å². The second kappa shape index (κ2) is 30.1. The summed E-state index contributed by atoms with van der Waals surface area (Å²) in [5, 5.41) is 17.6. The van der Waals surface area contributed by atoms with Crippen molar-refractivity contribution in [3.8, 4) is 57.2 Å². The molecule has 0 bridgehead atoms. The molecule has 137 heavy (non-hydrogen) atoms. The van der Waals surface area contributed by atoms with Crippen LogP contribution in [0, 0.1) is 0 Å². The Labute approximate surface area is 792 Å². The quantitative estimate of drug-likeness (QED) is 0.0740. The van der Waals surface area contributed by atoms with Crippen molar-refractivity contribution in [1.82, 2.24) is 66.4 Å². The predicted octanol–water partition coefficient (Wildman–Crippen LogP) is 23.1. The van der Waals surface area contributed by atoms with Gasteiger partial charge < -0.3 is 0 Å². The third-order valence-corrected chi connectivity index (χ3v) is 40.2. The molecule has 11 aromatic heterocycles. The van der Waals surface area contributed by atoms with Crippen LogP contribution in [0.5, 0.6) is 0 Å². The van der Waals surface area contributed by atoms with E-state index in [1.807, 2.05) is 22.7 Å². The number of hydrogen-bond acceptors (Lipinski definition) is 9. The second-order valence-electron chi connectivity index (χ2n) is 35.5. The van der Waals surface area contributed by atoms with Crippen molar-refractivity contribution in [3.05, 3.63) is 449 Å². The zero-order valence-electron chi connectivity index (χ0n) is 73.3. The topological polar surface area (TPSA) is 123 Å². The lowest BCUT2D eigenvalue weighted by Gasteiger charge is -2.34. The van der Waals surface area contributed by atoms with Gasteiger partial charge in [-0.25, -0.2) is 34.9 Å². The molecule has 640 valence electrons. The highest BCUT2D eigenvalue weighted by Crippen LogP contribution is 2.42. The summed E-state index contributed by atoms with van der Waals surface area (Å²) < 4.78 is 20.9. The van der Waals surface area contributed by atoms with Crippen LogP contribution in [-0.4, -0.2) is 82.5 Å². The largest absolute Gasteiger partial charge is 0.294 e. The van der Waals surface area contributed by atoms with Gasteiger partial charge in [-0.2, -0.15) is 0 Å². The van der Waals surface area contributed by atoms with Crippen LogP contribution >= 0.6 is 22.7 Å². The van der Waals surface area contributed by atoms with Gasteiger partial charge in [0.1, 0.15) is 23.3 Å². The fraction of sp³-hybridized carbons (Fsp3) is 0. The van der Waals surface area contributed by atoms with Crippen molar-refractivity contribution in [1.29, 1.82) is 0 Å². The van der Waals surface area contributed by atoms with Crippen molar-refractivity contribution in [3.63, 3.8) is 0 Å². The van der Waals surface area contributed by atoms with Crippen molar-refractivity contribution >= 4 is 226 Å². The molecule has 18 heteroatoms. The number of aromatic nitrogens is 14.